The van der Waals surface area contributed by atoms with Gasteiger partial charge in [0.05, 0.1) is 11.3 Å². The summed E-state index contributed by atoms with van der Waals surface area (Å²) in [5.41, 5.74) is 0.430. The number of likely N-dealkylation sites (N-methyl/N-ethyl adjacent to an activating group) is 1. The number of aromatic carboxylic acids is 1. The summed E-state index contributed by atoms with van der Waals surface area (Å²) < 4.78 is 26.2. The first-order chi connectivity index (χ1) is 10.3. The van der Waals surface area contributed by atoms with Gasteiger partial charge in [-0.25, -0.2) is 13.2 Å². The number of nitrogens with one attached hydrogen (secondary N) is 1. The normalized spacial score (nSPS) is 19.0. The van der Waals surface area contributed by atoms with Crippen LogP contribution in [0, 0.1) is 0 Å². The Labute approximate surface area is 129 Å². The van der Waals surface area contributed by atoms with Crippen molar-refractivity contribution in [1.82, 2.24) is 9.62 Å². The van der Waals surface area contributed by atoms with Gasteiger partial charge in [-0.1, -0.05) is 12.1 Å². The first kappa shape index (κ1) is 16.4. The largest absolute Gasteiger partial charge is 0.478 e. The van der Waals surface area contributed by atoms with Crippen molar-refractivity contribution in [3.8, 4) is 0 Å². The molecule has 1 aliphatic rings. The number of sulfonamides is 1. The number of benzene rings is 1. The molecule has 8 heteroatoms. The summed E-state index contributed by atoms with van der Waals surface area (Å²) in [6.07, 6.45) is 1.13. The molecule has 7 nitrogen and oxygen atoms in total. The zero-order valence-electron chi connectivity index (χ0n) is 12.2. The lowest BCUT2D eigenvalue weighted by molar-refractivity contribution is -0.123. The smallest absolute Gasteiger partial charge is 0.335 e. The molecular weight excluding hydrogens is 308 g/mol. The number of carbonyl (C=O) groups excluding carboxylic acids is 1. The van der Waals surface area contributed by atoms with E-state index in [2.05, 4.69) is 5.32 Å². The Bertz CT molecular complexity index is 686. The summed E-state index contributed by atoms with van der Waals surface area (Å²) in [6.45, 7) is 0.305. The van der Waals surface area contributed by atoms with Gasteiger partial charge in [0.15, 0.2) is 0 Å². The third-order valence-electron chi connectivity index (χ3n) is 3.63. The van der Waals surface area contributed by atoms with Gasteiger partial charge in [-0.3, -0.25) is 4.79 Å². The number of rotatable bonds is 5. The van der Waals surface area contributed by atoms with Gasteiger partial charge in [-0.15, -0.1) is 0 Å². The Balaban J connectivity index is 2.22. The van der Waals surface area contributed by atoms with Crippen molar-refractivity contribution in [3.63, 3.8) is 0 Å². The lowest BCUT2D eigenvalue weighted by atomic mass is 10.1. The highest BCUT2D eigenvalue weighted by molar-refractivity contribution is 7.88. The molecule has 1 unspecified atom stereocenters. The second kappa shape index (κ2) is 6.45. The molecule has 1 fully saturated rings. The highest BCUT2D eigenvalue weighted by Gasteiger charge is 2.38. The van der Waals surface area contributed by atoms with Crippen LogP contribution in [-0.4, -0.2) is 49.3 Å². The molecule has 120 valence electrons. The lowest BCUT2D eigenvalue weighted by Gasteiger charge is -2.22. The summed E-state index contributed by atoms with van der Waals surface area (Å²) in [5, 5.41) is 11.4. The minimum Gasteiger partial charge on any atom is -0.478 e. The van der Waals surface area contributed by atoms with E-state index >= 15 is 0 Å². The molecule has 1 atom stereocenters. The molecule has 0 saturated carbocycles. The van der Waals surface area contributed by atoms with Gasteiger partial charge in [0, 0.05) is 13.6 Å². The maximum Gasteiger partial charge on any atom is 0.335 e. The molecule has 2 N–H and O–H groups in total. The van der Waals surface area contributed by atoms with Crippen molar-refractivity contribution >= 4 is 21.9 Å². The Morgan fingerprint density at radius 1 is 1.41 bits per heavy atom. The van der Waals surface area contributed by atoms with Gasteiger partial charge in [-0.2, -0.15) is 4.31 Å². The van der Waals surface area contributed by atoms with E-state index < -0.39 is 22.0 Å². The highest BCUT2D eigenvalue weighted by atomic mass is 32.2. The fraction of sp³-hybridized carbons (Fsp3) is 0.429. The lowest BCUT2D eigenvalue weighted by Crippen LogP contribution is -2.45. The number of hydrogen-bond acceptors (Lipinski definition) is 4. The van der Waals surface area contributed by atoms with Crippen molar-refractivity contribution in [3.05, 3.63) is 35.4 Å². The minimum atomic E-state index is -3.68. The van der Waals surface area contributed by atoms with E-state index in [0.717, 1.165) is 0 Å². The average molecular weight is 326 g/mol. The summed E-state index contributed by atoms with van der Waals surface area (Å²) in [4.78, 5) is 22.7. The molecule has 1 amide bonds. The summed E-state index contributed by atoms with van der Waals surface area (Å²) >= 11 is 0. The second-order valence-corrected chi connectivity index (χ2v) is 7.07. The number of carboxylic acids is 1. The molecule has 1 aromatic carbocycles. The summed E-state index contributed by atoms with van der Waals surface area (Å²) in [6, 6.07) is 5.13. The zero-order valence-corrected chi connectivity index (χ0v) is 13.0. The van der Waals surface area contributed by atoms with Gasteiger partial charge < -0.3 is 10.4 Å². The standard InChI is InChI=1S/C14H18N2O5S/c1-15-13(17)12-6-3-7-16(12)22(20,21)9-10-4-2-5-11(8-10)14(18)19/h2,4-5,8,12H,3,6-7,9H2,1H3,(H,15,17)(H,18,19). The van der Waals surface area contributed by atoms with Crippen LogP contribution in [0.3, 0.4) is 0 Å². The third kappa shape index (κ3) is 3.45. The molecule has 2 rings (SSSR count). The molecule has 0 spiro atoms. The predicted molar refractivity (Wildman–Crippen MR) is 79.8 cm³/mol. The van der Waals surface area contributed by atoms with Crippen LogP contribution in [-0.2, 0) is 20.6 Å². The van der Waals surface area contributed by atoms with E-state index in [1.165, 1.54) is 29.6 Å². The van der Waals surface area contributed by atoms with E-state index in [-0.39, 0.29) is 17.2 Å². The van der Waals surface area contributed by atoms with E-state index in [1.54, 1.807) is 6.07 Å². The van der Waals surface area contributed by atoms with Crippen LogP contribution < -0.4 is 5.32 Å². The van der Waals surface area contributed by atoms with Crippen LogP contribution >= 0.6 is 0 Å². The zero-order chi connectivity index (χ0) is 16.3. The molecule has 0 aromatic heterocycles. The molecule has 1 heterocycles. The molecular formula is C14H18N2O5S. The monoisotopic (exact) mass is 326 g/mol. The minimum absolute atomic E-state index is 0.0389. The number of amides is 1. The number of hydrogen-bond donors (Lipinski definition) is 2. The quantitative estimate of drug-likeness (QED) is 0.816. The molecule has 0 aliphatic carbocycles. The average Bonchev–Trinajstić information content (AvgIpc) is 2.96. The Hall–Kier alpha value is -1.93. The third-order valence-corrected chi connectivity index (χ3v) is 5.48. The first-order valence-electron chi connectivity index (χ1n) is 6.88. The van der Waals surface area contributed by atoms with Crippen molar-refractivity contribution in [2.75, 3.05) is 13.6 Å². The van der Waals surface area contributed by atoms with Gasteiger partial charge in [0.2, 0.25) is 15.9 Å². The molecule has 1 aromatic rings. The van der Waals surface area contributed by atoms with Crippen LogP contribution in [0.1, 0.15) is 28.8 Å². The fourth-order valence-corrected chi connectivity index (χ4v) is 4.35. The Kier molecular flexibility index (Phi) is 4.82. The topological polar surface area (TPSA) is 104 Å². The van der Waals surface area contributed by atoms with Crippen molar-refractivity contribution in [2.45, 2.75) is 24.6 Å². The van der Waals surface area contributed by atoms with E-state index in [4.69, 9.17) is 5.11 Å². The Morgan fingerprint density at radius 3 is 2.77 bits per heavy atom. The fourth-order valence-electron chi connectivity index (χ4n) is 2.59. The highest BCUT2D eigenvalue weighted by Crippen LogP contribution is 2.24. The van der Waals surface area contributed by atoms with Crippen molar-refractivity contribution in [1.29, 1.82) is 0 Å². The van der Waals surface area contributed by atoms with Crippen molar-refractivity contribution < 1.29 is 23.1 Å². The first-order valence-corrected chi connectivity index (χ1v) is 8.49. The SMILES string of the molecule is CNC(=O)C1CCCN1S(=O)(=O)Cc1cccc(C(=O)O)c1. The molecule has 22 heavy (non-hydrogen) atoms. The Morgan fingerprint density at radius 2 is 2.14 bits per heavy atom. The summed E-state index contributed by atoms with van der Waals surface area (Å²) in [5.74, 6) is -1.74. The maximum absolute atomic E-state index is 12.5. The van der Waals surface area contributed by atoms with E-state index in [0.29, 0.717) is 24.9 Å². The molecule has 1 saturated heterocycles. The van der Waals surface area contributed by atoms with Gasteiger partial charge in [0.1, 0.15) is 6.04 Å². The van der Waals surface area contributed by atoms with Gasteiger partial charge in [0.25, 0.3) is 0 Å². The number of carboxylic acid groups (broad SMARTS) is 1. The number of nitrogens with zero attached hydrogens (tertiary/aromatic N) is 1. The molecule has 1 aliphatic heterocycles. The van der Waals surface area contributed by atoms with E-state index in [9.17, 15) is 18.0 Å². The maximum atomic E-state index is 12.5. The van der Waals surface area contributed by atoms with Crippen molar-refractivity contribution in [2.24, 2.45) is 0 Å². The number of carbonyl (C=O) groups is 2. The van der Waals surface area contributed by atoms with Gasteiger partial charge >= 0.3 is 5.97 Å². The predicted octanol–water partition coefficient (Wildman–Crippen LogP) is 0.425. The van der Waals surface area contributed by atoms with Crippen LogP contribution in [0.15, 0.2) is 24.3 Å². The summed E-state index contributed by atoms with van der Waals surface area (Å²) in [7, 11) is -2.21. The van der Waals surface area contributed by atoms with Gasteiger partial charge in [-0.05, 0) is 30.5 Å². The van der Waals surface area contributed by atoms with Crippen LogP contribution in [0.4, 0.5) is 0 Å². The van der Waals surface area contributed by atoms with Crippen LogP contribution in [0.2, 0.25) is 0 Å². The molecule has 0 bridgehead atoms. The van der Waals surface area contributed by atoms with Crippen LogP contribution in [0.5, 0.6) is 0 Å². The molecule has 0 radical (unpaired) electrons. The van der Waals surface area contributed by atoms with Crippen LogP contribution in [0.25, 0.3) is 0 Å². The second-order valence-electron chi connectivity index (χ2n) is 5.14. The van der Waals surface area contributed by atoms with E-state index in [1.807, 2.05) is 0 Å².